The Kier molecular flexibility index (Phi) is 6.48. The van der Waals surface area contributed by atoms with Crippen molar-refractivity contribution in [1.29, 1.82) is 0 Å². The third-order valence-corrected chi connectivity index (χ3v) is 10.00. The molecule has 0 bridgehead atoms. The maximum absolute atomic E-state index is 2.47. The van der Waals surface area contributed by atoms with E-state index in [-0.39, 0.29) is 5.41 Å². The van der Waals surface area contributed by atoms with Gasteiger partial charge in [-0.05, 0) is 86.6 Å². The zero-order valence-corrected chi connectivity index (χ0v) is 27.6. The lowest BCUT2D eigenvalue weighted by Gasteiger charge is -2.23. The Bertz CT molecular complexity index is 2490. The van der Waals surface area contributed by atoms with Crippen molar-refractivity contribution in [2.75, 3.05) is 0 Å². The Balaban J connectivity index is 1.40. The molecule has 0 atom stereocenters. The first-order valence-corrected chi connectivity index (χ1v) is 16.4. The Morgan fingerprint density at radius 3 is 2.04 bits per heavy atom. The highest BCUT2D eigenvalue weighted by atomic mass is 14.9. The lowest BCUT2D eigenvalue weighted by molar-refractivity contribution is -0.660. The maximum atomic E-state index is 2.47. The summed E-state index contributed by atoms with van der Waals surface area (Å²) >= 11 is 0. The van der Waals surface area contributed by atoms with Crippen LogP contribution in [0.25, 0.3) is 71.3 Å². The number of fused-ring (bicyclic) bond motifs is 6. The van der Waals surface area contributed by atoms with Crippen LogP contribution in [0.15, 0.2) is 116 Å². The van der Waals surface area contributed by atoms with E-state index >= 15 is 0 Å². The monoisotopic (exact) mass is 596 g/mol. The highest BCUT2D eigenvalue weighted by Crippen LogP contribution is 2.46. The second kappa shape index (κ2) is 10.5. The van der Waals surface area contributed by atoms with Crippen LogP contribution in [0, 0.1) is 6.92 Å². The van der Waals surface area contributed by atoms with Crippen LogP contribution in [0.3, 0.4) is 0 Å². The van der Waals surface area contributed by atoms with Gasteiger partial charge in [-0.3, -0.25) is 0 Å². The van der Waals surface area contributed by atoms with Crippen molar-refractivity contribution in [3.63, 3.8) is 0 Å². The van der Waals surface area contributed by atoms with E-state index in [2.05, 4.69) is 173 Å². The second-order valence-electron chi connectivity index (χ2n) is 14.0. The van der Waals surface area contributed by atoms with Gasteiger partial charge in [-0.15, -0.1) is 0 Å². The number of nitrogens with zero attached hydrogens (tertiary/aromatic N) is 2. The van der Waals surface area contributed by atoms with Crippen LogP contribution in [0.2, 0.25) is 0 Å². The molecule has 0 unspecified atom stereocenters. The van der Waals surface area contributed by atoms with Crippen molar-refractivity contribution < 1.29 is 9.13 Å². The molecule has 0 fully saturated rings. The van der Waals surface area contributed by atoms with E-state index in [1.165, 1.54) is 87.5 Å². The predicted octanol–water partition coefficient (Wildman–Crippen LogP) is 10.1. The summed E-state index contributed by atoms with van der Waals surface area (Å²) in [6.07, 6.45) is 9.94. The molecule has 46 heavy (non-hydrogen) atoms. The first-order chi connectivity index (χ1) is 22.2. The molecule has 0 aliphatic heterocycles. The Labute approximate surface area is 271 Å². The molecule has 8 rings (SSSR count). The lowest BCUT2D eigenvalue weighted by atomic mass is 9.80. The fourth-order valence-corrected chi connectivity index (χ4v) is 7.74. The first kappa shape index (κ1) is 28.4. The average Bonchev–Trinajstić information content (AvgIpc) is 3.04. The normalized spacial score (nSPS) is 12.6. The van der Waals surface area contributed by atoms with Gasteiger partial charge in [0.05, 0.1) is 10.8 Å². The van der Waals surface area contributed by atoms with Crippen LogP contribution in [0.5, 0.6) is 0 Å². The third-order valence-electron chi connectivity index (χ3n) is 10.00. The number of hydrogen-bond donors (Lipinski definition) is 0. The molecule has 6 aromatic carbocycles. The molecule has 0 saturated carbocycles. The van der Waals surface area contributed by atoms with Crippen LogP contribution in [0.1, 0.15) is 43.0 Å². The van der Waals surface area contributed by atoms with Crippen molar-refractivity contribution in [2.45, 2.75) is 39.5 Å². The number of aryl methyl sites for hydroxylation is 3. The smallest absolute Gasteiger partial charge is 0.201 e. The van der Waals surface area contributed by atoms with Crippen LogP contribution in [-0.2, 0) is 25.9 Å². The SMILES string of the molecule is Cc1ccc[n+](C)c1-c1ccccc1C/C=C/c1cccc2c3cc(C(C)(C)C)cc4c5ccccc5c5cc[n+](C)c(c12)c5c43. The van der Waals surface area contributed by atoms with E-state index in [9.17, 15) is 0 Å². The first-order valence-electron chi connectivity index (χ1n) is 16.4. The summed E-state index contributed by atoms with van der Waals surface area (Å²) in [6.45, 7) is 9.18. The zero-order chi connectivity index (χ0) is 31.7. The minimum absolute atomic E-state index is 0.0290. The highest BCUT2D eigenvalue weighted by Gasteiger charge is 2.25. The van der Waals surface area contributed by atoms with Crippen LogP contribution in [0.4, 0.5) is 0 Å². The van der Waals surface area contributed by atoms with E-state index in [0.717, 1.165) is 6.42 Å². The number of allylic oxidation sites excluding steroid dienone is 1. The molecule has 8 aromatic rings. The molecule has 0 saturated heterocycles. The summed E-state index contributed by atoms with van der Waals surface area (Å²) in [7, 11) is 4.34. The van der Waals surface area contributed by atoms with Crippen molar-refractivity contribution >= 4 is 60.1 Å². The van der Waals surface area contributed by atoms with Crippen molar-refractivity contribution in [1.82, 2.24) is 0 Å². The van der Waals surface area contributed by atoms with E-state index in [1.807, 2.05) is 0 Å². The maximum Gasteiger partial charge on any atom is 0.222 e. The zero-order valence-electron chi connectivity index (χ0n) is 27.6. The summed E-state index contributed by atoms with van der Waals surface area (Å²) in [4.78, 5) is 0. The lowest BCUT2D eigenvalue weighted by Crippen LogP contribution is -2.31. The minimum Gasteiger partial charge on any atom is -0.201 e. The molecular formula is C44H40N2+2. The molecule has 0 aliphatic carbocycles. The Hall–Kier alpha value is -5.08. The summed E-state index contributed by atoms with van der Waals surface area (Å²) in [6, 6.07) is 36.2. The number of pyridine rings is 2. The summed E-state index contributed by atoms with van der Waals surface area (Å²) in [5, 5.41) is 12.0. The van der Waals surface area contributed by atoms with Crippen LogP contribution < -0.4 is 9.13 Å². The van der Waals surface area contributed by atoms with E-state index in [1.54, 1.807) is 0 Å². The van der Waals surface area contributed by atoms with Gasteiger partial charge in [0, 0.05) is 34.0 Å². The molecule has 0 aliphatic rings. The van der Waals surface area contributed by atoms with Crippen molar-refractivity contribution in [3.05, 3.63) is 138 Å². The predicted molar refractivity (Wildman–Crippen MR) is 196 cm³/mol. The molecule has 224 valence electrons. The standard InChI is InChI=1S/C44H40N2/c1-28-14-13-24-45(5)42(28)32-19-8-7-15-29(32)16-11-17-30-18-12-22-35-38-27-31(44(2,3)4)26-37-34-21-10-9-20-33(34)36-23-25-46(6)43(39(30)35)41(36)40(37)38/h7-15,17-27H,16H2,1-6H3/q+2/b17-11+. The highest BCUT2D eigenvalue weighted by molar-refractivity contribution is 6.39. The van der Waals surface area contributed by atoms with E-state index in [0.29, 0.717) is 0 Å². The van der Waals surface area contributed by atoms with Gasteiger partial charge < -0.3 is 0 Å². The molecule has 0 amide bonds. The van der Waals surface area contributed by atoms with Crippen molar-refractivity contribution in [2.24, 2.45) is 14.1 Å². The minimum atomic E-state index is 0.0290. The van der Waals surface area contributed by atoms with Crippen LogP contribution >= 0.6 is 0 Å². The summed E-state index contributed by atoms with van der Waals surface area (Å²) < 4.78 is 4.57. The van der Waals surface area contributed by atoms with Gasteiger partial charge in [-0.1, -0.05) is 93.6 Å². The average molecular weight is 597 g/mol. The number of aromatic nitrogens is 2. The molecule has 0 N–H and O–H groups in total. The van der Waals surface area contributed by atoms with Gasteiger partial charge in [0.1, 0.15) is 14.1 Å². The van der Waals surface area contributed by atoms with Gasteiger partial charge in [0.2, 0.25) is 11.2 Å². The number of rotatable bonds is 4. The number of benzene rings is 6. The molecule has 2 heteroatoms. The molecule has 2 heterocycles. The van der Waals surface area contributed by atoms with Crippen LogP contribution in [-0.4, -0.2) is 0 Å². The summed E-state index contributed by atoms with van der Waals surface area (Å²) in [5.74, 6) is 0. The van der Waals surface area contributed by atoms with Gasteiger partial charge in [-0.2, -0.15) is 0 Å². The van der Waals surface area contributed by atoms with E-state index < -0.39 is 0 Å². The quantitative estimate of drug-likeness (QED) is 0.109. The Morgan fingerprint density at radius 2 is 1.28 bits per heavy atom. The van der Waals surface area contributed by atoms with Crippen molar-refractivity contribution in [3.8, 4) is 11.3 Å². The number of hydrogen-bond acceptors (Lipinski definition) is 0. The topological polar surface area (TPSA) is 7.76 Å². The fourth-order valence-electron chi connectivity index (χ4n) is 7.74. The third kappa shape index (κ3) is 4.31. The molecular weight excluding hydrogens is 556 g/mol. The molecule has 0 radical (unpaired) electrons. The summed E-state index contributed by atoms with van der Waals surface area (Å²) in [5.41, 5.74) is 9.14. The largest absolute Gasteiger partial charge is 0.222 e. The van der Waals surface area contributed by atoms with Gasteiger partial charge in [0.15, 0.2) is 12.4 Å². The fraction of sp³-hybridized carbons (Fsp3) is 0.182. The van der Waals surface area contributed by atoms with E-state index in [4.69, 9.17) is 0 Å². The molecule has 2 aromatic heterocycles. The Morgan fingerprint density at radius 1 is 0.609 bits per heavy atom. The molecule has 0 spiro atoms. The van der Waals surface area contributed by atoms with Gasteiger partial charge >= 0.3 is 0 Å². The second-order valence-corrected chi connectivity index (χ2v) is 14.0. The van der Waals surface area contributed by atoms with Gasteiger partial charge in [-0.25, -0.2) is 9.13 Å². The van der Waals surface area contributed by atoms with Gasteiger partial charge in [0.25, 0.3) is 0 Å². The molecule has 2 nitrogen and oxygen atoms in total.